The van der Waals surface area contributed by atoms with Crippen molar-refractivity contribution in [3.8, 4) is 0 Å². The number of rotatable bonds is 8. The largest absolute Gasteiger partial charge is 0.340 e. The van der Waals surface area contributed by atoms with E-state index < -0.39 is 9.84 Å². The van der Waals surface area contributed by atoms with Crippen LogP contribution in [0.15, 0.2) is 30.3 Å². The summed E-state index contributed by atoms with van der Waals surface area (Å²) in [5.41, 5.74) is 6.80. The van der Waals surface area contributed by atoms with Crippen molar-refractivity contribution in [2.45, 2.75) is 18.1 Å². The molecular formula is C16H25ClN2O3S2. The molecule has 1 heterocycles. The highest BCUT2D eigenvalue weighted by atomic mass is 35.5. The average Bonchev–Trinajstić information content (AvgIpc) is 2.89. The monoisotopic (exact) mass is 392 g/mol. The zero-order chi connectivity index (χ0) is 16.7. The molecule has 1 aliphatic rings. The molecule has 1 atom stereocenters. The summed E-state index contributed by atoms with van der Waals surface area (Å²) in [4.78, 5) is 14.2. The number of nitrogens with two attached hydrogens (primary N) is 1. The van der Waals surface area contributed by atoms with E-state index in [0.717, 1.165) is 6.42 Å². The van der Waals surface area contributed by atoms with Crippen molar-refractivity contribution in [1.29, 1.82) is 0 Å². The van der Waals surface area contributed by atoms with Crippen LogP contribution in [0.3, 0.4) is 0 Å². The molecule has 136 valence electrons. The fraction of sp³-hybridized carbons (Fsp3) is 0.562. The fourth-order valence-corrected chi connectivity index (χ4v) is 6.14. The summed E-state index contributed by atoms with van der Waals surface area (Å²) in [7, 11) is -2.89. The zero-order valence-electron chi connectivity index (χ0n) is 13.6. The molecule has 1 aromatic rings. The van der Waals surface area contributed by atoms with Crippen LogP contribution in [0.5, 0.6) is 0 Å². The quantitative estimate of drug-likeness (QED) is 0.722. The minimum absolute atomic E-state index is 0. The smallest absolute Gasteiger partial charge is 0.232 e. The molecule has 1 unspecified atom stereocenters. The van der Waals surface area contributed by atoms with Gasteiger partial charge in [-0.1, -0.05) is 30.3 Å². The van der Waals surface area contributed by atoms with Crippen molar-refractivity contribution in [3.63, 3.8) is 0 Å². The van der Waals surface area contributed by atoms with Crippen molar-refractivity contribution in [2.24, 2.45) is 5.73 Å². The molecule has 1 amide bonds. The standard InChI is InChI=1S/C16H24N2O3S2.ClH/c17-8-10-18(9-6-14-4-2-1-3-5-14)16(19)12-22-15-7-11-23(20,21)13-15;/h1-5,15H,6-13,17H2;1H. The number of sulfone groups is 1. The van der Waals surface area contributed by atoms with E-state index in [1.807, 2.05) is 30.3 Å². The summed E-state index contributed by atoms with van der Waals surface area (Å²) in [5.74, 6) is 0.820. The third-order valence-electron chi connectivity index (χ3n) is 3.90. The van der Waals surface area contributed by atoms with Gasteiger partial charge in [0.1, 0.15) is 0 Å². The van der Waals surface area contributed by atoms with Gasteiger partial charge in [-0.05, 0) is 18.4 Å². The van der Waals surface area contributed by atoms with Crippen LogP contribution >= 0.6 is 24.2 Å². The van der Waals surface area contributed by atoms with E-state index in [4.69, 9.17) is 5.73 Å². The second-order valence-corrected chi connectivity index (χ2v) is 9.26. The summed E-state index contributed by atoms with van der Waals surface area (Å²) in [6, 6.07) is 10.0. The van der Waals surface area contributed by atoms with Crippen LogP contribution in [0, 0.1) is 0 Å². The first-order chi connectivity index (χ1) is 11.0. The van der Waals surface area contributed by atoms with E-state index in [0.29, 0.717) is 31.8 Å². The average molecular weight is 393 g/mol. The van der Waals surface area contributed by atoms with E-state index in [1.165, 1.54) is 17.3 Å². The lowest BCUT2D eigenvalue weighted by Crippen LogP contribution is -2.38. The van der Waals surface area contributed by atoms with Gasteiger partial charge in [0.15, 0.2) is 9.84 Å². The molecule has 1 saturated heterocycles. The molecular weight excluding hydrogens is 368 g/mol. The summed E-state index contributed by atoms with van der Waals surface area (Å²) in [5, 5.41) is 0.0535. The lowest BCUT2D eigenvalue weighted by atomic mass is 10.1. The van der Waals surface area contributed by atoms with Gasteiger partial charge in [0, 0.05) is 24.9 Å². The number of thioether (sulfide) groups is 1. The van der Waals surface area contributed by atoms with E-state index >= 15 is 0 Å². The van der Waals surface area contributed by atoms with Gasteiger partial charge < -0.3 is 10.6 Å². The lowest BCUT2D eigenvalue weighted by Gasteiger charge is -2.22. The molecule has 2 rings (SSSR count). The topological polar surface area (TPSA) is 80.5 Å². The van der Waals surface area contributed by atoms with Crippen LogP contribution in [0.1, 0.15) is 12.0 Å². The normalized spacial score (nSPS) is 18.8. The van der Waals surface area contributed by atoms with Crippen molar-refractivity contribution in [3.05, 3.63) is 35.9 Å². The molecule has 2 N–H and O–H groups in total. The highest BCUT2D eigenvalue weighted by Crippen LogP contribution is 2.24. The van der Waals surface area contributed by atoms with Crippen molar-refractivity contribution >= 4 is 39.9 Å². The molecule has 1 aliphatic heterocycles. The van der Waals surface area contributed by atoms with Crippen molar-refractivity contribution < 1.29 is 13.2 Å². The number of carbonyl (C=O) groups is 1. The number of benzene rings is 1. The summed E-state index contributed by atoms with van der Waals surface area (Å²) in [6.45, 7) is 1.61. The van der Waals surface area contributed by atoms with Crippen LogP contribution < -0.4 is 5.73 Å². The molecule has 0 bridgehead atoms. The number of nitrogens with zero attached hydrogens (tertiary/aromatic N) is 1. The van der Waals surface area contributed by atoms with Crippen LogP contribution in [0.25, 0.3) is 0 Å². The Hall–Kier alpha value is -0.760. The Bertz CT molecular complexity index is 611. The fourth-order valence-electron chi connectivity index (χ4n) is 2.60. The molecule has 0 saturated carbocycles. The Kier molecular flexibility index (Phi) is 9.12. The van der Waals surface area contributed by atoms with E-state index in [1.54, 1.807) is 4.90 Å². The zero-order valence-corrected chi connectivity index (χ0v) is 16.0. The third-order valence-corrected chi connectivity index (χ3v) is 7.16. The van der Waals surface area contributed by atoms with E-state index in [-0.39, 0.29) is 35.1 Å². The van der Waals surface area contributed by atoms with Crippen LogP contribution in [-0.2, 0) is 21.1 Å². The second-order valence-electron chi connectivity index (χ2n) is 5.74. The van der Waals surface area contributed by atoms with Crippen LogP contribution in [-0.4, -0.2) is 61.4 Å². The van der Waals surface area contributed by atoms with Gasteiger partial charge in [0.2, 0.25) is 5.91 Å². The molecule has 0 spiro atoms. The Balaban J connectivity index is 0.00000288. The lowest BCUT2D eigenvalue weighted by molar-refractivity contribution is -0.128. The number of hydrogen-bond acceptors (Lipinski definition) is 5. The maximum Gasteiger partial charge on any atom is 0.232 e. The number of carbonyl (C=O) groups excluding carboxylic acids is 1. The number of amides is 1. The molecule has 1 fully saturated rings. The van der Waals surface area contributed by atoms with Crippen LogP contribution in [0.4, 0.5) is 0 Å². The van der Waals surface area contributed by atoms with Crippen molar-refractivity contribution in [2.75, 3.05) is 36.9 Å². The molecule has 5 nitrogen and oxygen atoms in total. The van der Waals surface area contributed by atoms with Gasteiger partial charge in [-0.15, -0.1) is 24.2 Å². The maximum absolute atomic E-state index is 12.4. The van der Waals surface area contributed by atoms with Crippen LogP contribution in [0.2, 0.25) is 0 Å². The summed E-state index contributed by atoms with van der Waals surface area (Å²) < 4.78 is 22.9. The van der Waals surface area contributed by atoms with Gasteiger partial charge >= 0.3 is 0 Å². The molecule has 0 aliphatic carbocycles. The minimum Gasteiger partial charge on any atom is -0.340 e. The number of hydrogen-bond donors (Lipinski definition) is 1. The Morgan fingerprint density at radius 3 is 2.54 bits per heavy atom. The highest BCUT2D eigenvalue weighted by molar-refractivity contribution is 8.02. The predicted octanol–water partition coefficient (Wildman–Crippen LogP) is 1.36. The highest BCUT2D eigenvalue weighted by Gasteiger charge is 2.29. The maximum atomic E-state index is 12.4. The first-order valence-electron chi connectivity index (χ1n) is 7.84. The SMILES string of the molecule is Cl.NCCN(CCc1ccccc1)C(=O)CSC1CCS(=O)(=O)C1. The first-order valence-corrected chi connectivity index (χ1v) is 10.7. The summed E-state index contributed by atoms with van der Waals surface area (Å²) in [6.07, 6.45) is 1.45. The van der Waals surface area contributed by atoms with Gasteiger partial charge in [0.05, 0.1) is 17.3 Å². The Labute approximate surface area is 154 Å². The Morgan fingerprint density at radius 2 is 1.96 bits per heavy atom. The Morgan fingerprint density at radius 1 is 1.25 bits per heavy atom. The second kappa shape index (κ2) is 10.3. The predicted molar refractivity (Wildman–Crippen MR) is 103 cm³/mol. The van der Waals surface area contributed by atoms with Gasteiger partial charge in [0.25, 0.3) is 0 Å². The number of halogens is 1. The molecule has 24 heavy (non-hydrogen) atoms. The molecule has 0 radical (unpaired) electrons. The molecule has 8 heteroatoms. The van der Waals surface area contributed by atoms with Gasteiger partial charge in [-0.2, -0.15) is 0 Å². The molecule has 0 aromatic heterocycles. The van der Waals surface area contributed by atoms with E-state index in [2.05, 4.69) is 0 Å². The summed E-state index contributed by atoms with van der Waals surface area (Å²) >= 11 is 1.46. The third kappa shape index (κ3) is 7.01. The van der Waals surface area contributed by atoms with Gasteiger partial charge in [-0.25, -0.2) is 8.42 Å². The van der Waals surface area contributed by atoms with E-state index in [9.17, 15) is 13.2 Å². The molecule has 1 aromatic carbocycles. The van der Waals surface area contributed by atoms with Crippen molar-refractivity contribution in [1.82, 2.24) is 4.90 Å². The first kappa shape index (κ1) is 21.3. The minimum atomic E-state index is -2.89. The van der Waals surface area contributed by atoms with Gasteiger partial charge in [-0.3, -0.25) is 4.79 Å².